The van der Waals surface area contributed by atoms with Crippen LogP contribution in [-0.4, -0.2) is 32.1 Å². The maximum Gasteiger partial charge on any atom is 0.224 e. The van der Waals surface area contributed by atoms with Gasteiger partial charge >= 0.3 is 0 Å². The number of nitrogens with one attached hydrogen (secondary N) is 2. The number of methoxy groups -OCH3 is 1. The number of rotatable bonds is 4. The first-order valence-electron chi connectivity index (χ1n) is 6.51. The lowest BCUT2D eigenvalue weighted by atomic mass is 10.1. The van der Waals surface area contributed by atoms with Gasteiger partial charge in [-0.15, -0.1) is 0 Å². The zero-order valence-corrected chi connectivity index (χ0v) is 11.0. The van der Waals surface area contributed by atoms with E-state index < -0.39 is 5.82 Å². The molecule has 1 heterocycles. The molecule has 0 aromatic heterocycles. The Morgan fingerprint density at radius 1 is 1.58 bits per heavy atom. The SMILES string of the molecule is COc1ccc(CC(=O)NC2CCCNC2)cc1F. The molecule has 104 valence electrons. The summed E-state index contributed by atoms with van der Waals surface area (Å²) < 4.78 is 18.3. The number of carbonyl (C=O) groups is 1. The van der Waals surface area contributed by atoms with E-state index in [-0.39, 0.29) is 24.1 Å². The van der Waals surface area contributed by atoms with E-state index in [2.05, 4.69) is 10.6 Å². The van der Waals surface area contributed by atoms with Gasteiger partial charge in [0.05, 0.1) is 13.5 Å². The summed E-state index contributed by atoms with van der Waals surface area (Å²) in [6.07, 6.45) is 2.26. The van der Waals surface area contributed by atoms with Gasteiger partial charge in [-0.3, -0.25) is 4.79 Å². The third kappa shape index (κ3) is 3.92. The molecule has 2 N–H and O–H groups in total. The molecule has 1 aliphatic heterocycles. The summed E-state index contributed by atoms with van der Waals surface area (Å²) in [5.74, 6) is -0.314. The minimum absolute atomic E-state index is 0.0710. The van der Waals surface area contributed by atoms with Crippen LogP contribution < -0.4 is 15.4 Å². The molecule has 1 atom stereocenters. The second-order valence-electron chi connectivity index (χ2n) is 4.76. The smallest absolute Gasteiger partial charge is 0.224 e. The van der Waals surface area contributed by atoms with E-state index in [1.807, 2.05) is 0 Å². The Bertz CT molecular complexity index is 445. The second kappa shape index (κ2) is 6.52. The number of halogens is 1. The van der Waals surface area contributed by atoms with Crippen molar-refractivity contribution in [2.75, 3.05) is 20.2 Å². The van der Waals surface area contributed by atoms with Crippen molar-refractivity contribution >= 4 is 5.91 Å². The Hall–Kier alpha value is -1.62. The molecule has 5 heteroatoms. The number of hydrogen-bond acceptors (Lipinski definition) is 3. The fourth-order valence-corrected chi connectivity index (χ4v) is 2.26. The summed E-state index contributed by atoms with van der Waals surface area (Å²) in [7, 11) is 1.42. The van der Waals surface area contributed by atoms with Crippen LogP contribution in [0.5, 0.6) is 5.75 Å². The fourth-order valence-electron chi connectivity index (χ4n) is 2.26. The number of ether oxygens (including phenoxy) is 1. The van der Waals surface area contributed by atoms with Gasteiger partial charge in [-0.1, -0.05) is 6.07 Å². The van der Waals surface area contributed by atoms with Gasteiger partial charge in [-0.2, -0.15) is 0 Å². The van der Waals surface area contributed by atoms with Crippen LogP contribution >= 0.6 is 0 Å². The number of benzene rings is 1. The van der Waals surface area contributed by atoms with Crippen LogP contribution in [-0.2, 0) is 11.2 Å². The van der Waals surface area contributed by atoms with Crippen molar-refractivity contribution in [2.24, 2.45) is 0 Å². The van der Waals surface area contributed by atoms with Crippen LogP contribution in [0.4, 0.5) is 4.39 Å². The highest BCUT2D eigenvalue weighted by molar-refractivity contribution is 5.78. The molecule has 4 nitrogen and oxygen atoms in total. The van der Waals surface area contributed by atoms with E-state index in [4.69, 9.17) is 4.74 Å². The molecule has 1 fully saturated rings. The molecule has 0 radical (unpaired) electrons. The van der Waals surface area contributed by atoms with Gasteiger partial charge in [0.15, 0.2) is 11.6 Å². The molecule has 19 heavy (non-hydrogen) atoms. The molecule has 1 amide bonds. The Kier molecular flexibility index (Phi) is 4.74. The Balaban J connectivity index is 1.89. The molecule has 1 unspecified atom stereocenters. The van der Waals surface area contributed by atoms with Crippen LogP contribution in [0.1, 0.15) is 18.4 Å². The molecule has 0 aliphatic carbocycles. The monoisotopic (exact) mass is 266 g/mol. The second-order valence-corrected chi connectivity index (χ2v) is 4.76. The fraction of sp³-hybridized carbons (Fsp3) is 0.500. The van der Waals surface area contributed by atoms with Crippen LogP contribution in [0.25, 0.3) is 0 Å². The summed E-state index contributed by atoms with van der Waals surface area (Å²) in [6.45, 7) is 1.82. The van der Waals surface area contributed by atoms with Gasteiger partial charge in [-0.05, 0) is 37.1 Å². The highest BCUT2D eigenvalue weighted by atomic mass is 19.1. The summed E-state index contributed by atoms with van der Waals surface area (Å²) in [4.78, 5) is 11.9. The first-order chi connectivity index (χ1) is 9.19. The van der Waals surface area contributed by atoms with Crippen LogP contribution in [0.2, 0.25) is 0 Å². The Labute approximate surface area is 112 Å². The number of piperidine rings is 1. The van der Waals surface area contributed by atoms with Crippen molar-refractivity contribution in [3.8, 4) is 5.75 Å². The van der Waals surface area contributed by atoms with E-state index in [1.165, 1.54) is 13.2 Å². The predicted octanol–water partition coefficient (Wildman–Crippen LogP) is 1.24. The number of carbonyl (C=O) groups excluding carboxylic acids is 1. The quantitative estimate of drug-likeness (QED) is 0.862. The molecular formula is C14H19FN2O2. The molecule has 0 bridgehead atoms. The van der Waals surface area contributed by atoms with Crippen molar-refractivity contribution in [1.82, 2.24) is 10.6 Å². The van der Waals surface area contributed by atoms with E-state index in [1.54, 1.807) is 12.1 Å². The van der Waals surface area contributed by atoms with Gasteiger partial charge < -0.3 is 15.4 Å². The van der Waals surface area contributed by atoms with Crippen LogP contribution in [0, 0.1) is 5.82 Å². The average Bonchev–Trinajstić information content (AvgIpc) is 2.40. The van der Waals surface area contributed by atoms with Gasteiger partial charge in [0.25, 0.3) is 0 Å². The summed E-state index contributed by atoms with van der Waals surface area (Å²) in [5.41, 5.74) is 0.652. The van der Waals surface area contributed by atoms with Gasteiger partial charge in [0.2, 0.25) is 5.91 Å². The maximum absolute atomic E-state index is 13.5. The third-order valence-corrected chi connectivity index (χ3v) is 3.24. The highest BCUT2D eigenvalue weighted by Gasteiger charge is 2.15. The molecule has 1 aromatic rings. The molecule has 1 saturated heterocycles. The van der Waals surface area contributed by atoms with Crippen molar-refractivity contribution in [1.29, 1.82) is 0 Å². The van der Waals surface area contributed by atoms with Gasteiger partial charge in [-0.25, -0.2) is 4.39 Å². The van der Waals surface area contributed by atoms with Gasteiger partial charge in [0, 0.05) is 12.6 Å². The zero-order chi connectivity index (χ0) is 13.7. The van der Waals surface area contributed by atoms with Crippen molar-refractivity contribution in [3.63, 3.8) is 0 Å². The van der Waals surface area contributed by atoms with Crippen LogP contribution in [0.3, 0.4) is 0 Å². The van der Waals surface area contributed by atoms with Crippen molar-refractivity contribution in [3.05, 3.63) is 29.6 Å². The van der Waals surface area contributed by atoms with E-state index in [9.17, 15) is 9.18 Å². The average molecular weight is 266 g/mol. The molecule has 0 saturated carbocycles. The predicted molar refractivity (Wildman–Crippen MR) is 70.7 cm³/mol. The lowest BCUT2D eigenvalue weighted by Crippen LogP contribution is -2.46. The Morgan fingerprint density at radius 3 is 3.05 bits per heavy atom. The molecule has 2 rings (SSSR count). The minimum Gasteiger partial charge on any atom is -0.494 e. The highest BCUT2D eigenvalue weighted by Crippen LogP contribution is 2.18. The van der Waals surface area contributed by atoms with E-state index >= 15 is 0 Å². The topological polar surface area (TPSA) is 50.4 Å². The third-order valence-electron chi connectivity index (χ3n) is 3.24. The first-order valence-corrected chi connectivity index (χ1v) is 6.51. The Morgan fingerprint density at radius 2 is 2.42 bits per heavy atom. The largest absolute Gasteiger partial charge is 0.494 e. The lowest BCUT2D eigenvalue weighted by molar-refractivity contribution is -0.121. The van der Waals surface area contributed by atoms with E-state index in [0.717, 1.165) is 25.9 Å². The van der Waals surface area contributed by atoms with Crippen molar-refractivity contribution < 1.29 is 13.9 Å². The normalized spacial score (nSPS) is 18.9. The minimum atomic E-state index is -0.438. The van der Waals surface area contributed by atoms with Gasteiger partial charge in [0.1, 0.15) is 0 Å². The summed E-state index contributed by atoms with van der Waals surface area (Å²) in [6, 6.07) is 4.78. The number of amides is 1. The summed E-state index contributed by atoms with van der Waals surface area (Å²) in [5, 5.41) is 6.20. The first kappa shape index (κ1) is 13.8. The lowest BCUT2D eigenvalue weighted by Gasteiger charge is -2.23. The molecular weight excluding hydrogens is 247 g/mol. The van der Waals surface area contributed by atoms with E-state index in [0.29, 0.717) is 5.56 Å². The molecule has 1 aromatic carbocycles. The summed E-state index contributed by atoms with van der Waals surface area (Å²) >= 11 is 0. The molecule has 0 spiro atoms. The molecule has 1 aliphatic rings. The zero-order valence-electron chi connectivity index (χ0n) is 11.0. The van der Waals surface area contributed by atoms with Crippen molar-refractivity contribution in [2.45, 2.75) is 25.3 Å². The maximum atomic E-state index is 13.5. The van der Waals surface area contributed by atoms with Crippen LogP contribution in [0.15, 0.2) is 18.2 Å². The number of hydrogen-bond donors (Lipinski definition) is 2. The standard InChI is InChI=1S/C14H19FN2O2/c1-19-13-5-4-10(7-12(13)15)8-14(18)17-11-3-2-6-16-9-11/h4-5,7,11,16H,2-3,6,8-9H2,1H3,(H,17,18).